The molecule has 2 rings (SSSR count). The van der Waals surface area contributed by atoms with Crippen LogP contribution in [0.5, 0.6) is 0 Å². The smallest absolute Gasteiger partial charge is 0.338 e. The Hall–Kier alpha value is -2.61. The quantitative estimate of drug-likeness (QED) is 0.512. The minimum absolute atomic E-state index is 0.281. The van der Waals surface area contributed by atoms with Gasteiger partial charge in [-0.1, -0.05) is 12.1 Å². The molecule has 0 aromatic heterocycles. The molecule has 1 heterocycles. The number of rotatable bonds is 6. The number of amides is 2. The molecule has 0 saturated carbocycles. The number of hydrogen-bond acceptors (Lipinski definition) is 4. The second kappa shape index (κ2) is 9.36. The van der Waals surface area contributed by atoms with Crippen LogP contribution in [0.25, 0.3) is 0 Å². The lowest BCUT2D eigenvalue weighted by molar-refractivity contribution is -0.139. The van der Waals surface area contributed by atoms with E-state index in [0.717, 1.165) is 11.3 Å². The van der Waals surface area contributed by atoms with Crippen molar-refractivity contribution in [1.82, 2.24) is 15.5 Å². The highest BCUT2D eigenvalue weighted by Crippen LogP contribution is 2.32. The van der Waals surface area contributed by atoms with Gasteiger partial charge in [0.15, 0.2) is 5.11 Å². The van der Waals surface area contributed by atoms with Crippen molar-refractivity contribution in [2.24, 2.45) is 0 Å². The third kappa shape index (κ3) is 4.77. The Bertz CT molecular complexity index is 763. The minimum Gasteiger partial charge on any atom is -0.463 e. The number of anilines is 1. The van der Waals surface area contributed by atoms with E-state index >= 15 is 0 Å². The fraction of sp³-hybridized carbons (Fsp3) is 0.421. The first-order chi connectivity index (χ1) is 12.9. The largest absolute Gasteiger partial charge is 0.463 e. The van der Waals surface area contributed by atoms with Gasteiger partial charge in [-0.05, 0) is 57.6 Å². The number of carbonyl (C=O) groups is 2. The van der Waals surface area contributed by atoms with Crippen LogP contribution in [0.15, 0.2) is 35.5 Å². The number of hydrogen-bond donors (Lipinski definition) is 3. The molecule has 0 radical (unpaired) electrons. The summed E-state index contributed by atoms with van der Waals surface area (Å²) in [7, 11) is 0. The molecule has 1 aromatic rings. The predicted molar refractivity (Wildman–Crippen MR) is 109 cm³/mol. The molecule has 27 heavy (non-hydrogen) atoms. The Kier molecular flexibility index (Phi) is 7.18. The molecule has 7 nitrogen and oxygen atoms in total. The summed E-state index contributed by atoms with van der Waals surface area (Å²) in [6.45, 7) is 8.93. The number of ether oxygens (including phenoxy) is 1. The van der Waals surface area contributed by atoms with Crippen molar-refractivity contribution in [3.05, 3.63) is 41.1 Å². The van der Waals surface area contributed by atoms with Crippen molar-refractivity contribution in [1.29, 1.82) is 0 Å². The average Bonchev–Trinajstić information content (AvgIpc) is 2.62. The lowest BCUT2D eigenvalue weighted by atomic mass is 9.94. The van der Waals surface area contributed by atoms with Crippen LogP contribution < -0.4 is 16.0 Å². The number of benzene rings is 1. The van der Waals surface area contributed by atoms with E-state index in [-0.39, 0.29) is 18.6 Å². The Morgan fingerprint density at radius 2 is 2.04 bits per heavy atom. The molecule has 1 aliphatic rings. The topological polar surface area (TPSA) is 82.7 Å². The first kappa shape index (κ1) is 20.7. The van der Waals surface area contributed by atoms with E-state index in [2.05, 4.69) is 16.0 Å². The molecule has 3 N–H and O–H groups in total. The van der Waals surface area contributed by atoms with Gasteiger partial charge in [0.2, 0.25) is 0 Å². The maximum atomic E-state index is 12.6. The van der Waals surface area contributed by atoms with Gasteiger partial charge in [0.25, 0.3) is 0 Å². The van der Waals surface area contributed by atoms with Crippen molar-refractivity contribution in [2.45, 2.75) is 33.7 Å². The van der Waals surface area contributed by atoms with Gasteiger partial charge in [-0.15, -0.1) is 0 Å². The zero-order chi connectivity index (χ0) is 20.0. The Balaban J connectivity index is 2.42. The Morgan fingerprint density at radius 3 is 2.67 bits per heavy atom. The SMILES string of the molecule is CCNC(=O)Nc1cccc([C@H]2NC(=S)N(CC)C(C)=C2C(=O)OCC)c1. The van der Waals surface area contributed by atoms with Crippen LogP contribution in [0.4, 0.5) is 10.5 Å². The normalized spacial score (nSPS) is 16.7. The molecule has 1 aliphatic heterocycles. The first-order valence-electron chi connectivity index (χ1n) is 9.03. The number of thiocarbonyl (C=S) groups is 1. The first-order valence-corrected chi connectivity index (χ1v) is 9.44. The van der Waals surface area contributed by atoms with Gasteiger partial charge in [-0.25, -0.2) is 9.59 Å². The number of nitrogens with one attached hydrogen (secondary N) is 3. The van der Waals surface area contributed by atoms with Crippen LogP contribution in [0.3, 0.4) is 0 Å². The molecule has 8 heteroatoms. The van der Waals surface area contributed by atoms with Gasteiger partial charge in [0.1, 0.15) is 0 Å². The predicted octanol–water partition coefficient (Wildman–Crippen LogP) is 2.92. The summed E-state index contributed by atoms with van der Waals surface area (Å²) in [4.78, 5) is 26.3. The van der Waals surface area contributed by atoms with Crippen molar-refractivity contribution in [3.63, 3.8) is 0 Å². The molecule has 0 aliphatic carbocycles. The van der Waals surface area contributed by atoms with E-state index in [1.807, 2.05) is 43.9 Å². The summed E-state index contributed by atoms with van der Waals surface area (Å²) < 4.78 is 5.27. The molecule has 0 unspecified atom stereocenters. The van der Waals surface area contributed by atoms with E-state index in [1.165, 1.54) is 0 Å². The minimum atomic E-state index is -0.449. The fourth-order valence-electron chi connectivity index (χ4n) is 3.02. The molecule has 0 fully saturated rings. The van der Waals surface area contributed by atoms with Gasteiger partial charge in [0, 0.05) is 24.5 Å². The maximum Gasteiger partial charge on any atom is 0.338 e. The fourth-order valence-corrected chi connectivity index (χ4v) is 3.40. The van der Waals surface area contributed by atoms with Crippen LogP contribution in [0, 0.1) is 0 Å². The number of nitrogens with zero attached hydrogens (tertiary/aromatic N) is 1. The number of urea groups is 1. The van der Waals surface area contributed by atoms with Crippen molar-refractivity contribution in [2.75, 3.05) is 25.0 Å². The molecule has 0 bridgehead atoms. The Labute approximate surface area is 165 Å². The van der Waals surface area contributed by atoms with Gasteiger partial charge < -0.3 is 25.6 Å². The van der Waals surface area contributed by atoms with E-state index in [4.69, 9.17) is 17.0 Å². The summed E-state index contributed by atoms with van der Waals surface area (Å²) in [5.41, 5.74) is 2.73. The molecular formula is C19H26N4O3S. The summed E-state index contributed by atoms with van der Waals surface area (Å²) in [6, 6.07) is 6.60. The van der Waals surface area contributed by atoms with Crippen LogP contribution in [0.2, 0.25) is 0 Å². The van der Waals surface area contributed by atoms with Crippen LogP contribution in [-0.2, 0) is 9.53 Å². The van der Waals surface area contributed by atoms with Crippen molar-refractivity contribution < 1.29 is 14.3 Å². The summed E-state index contributed by atoms with van der Waals surface area (Å²) in [5.74, 6) is -0.379. The molecule has 1 aromatic carbocycles. The van der Waals surface area contributed by atoms with E-state index in [1.54, 1.807) is 13.0 Å². The van der Waals surface area contributed by atoms with Gasteiger partial charge in [-0.2, -0.15) is 0 Å². The summed E-state index contributed by atoms with van der Waals surface area (Å²) >= 11 is 5.47. The molecule has 1 atom stereocenters. The van der Waals surface area contributed by atoms with E-state index < -0.39 is 6.04 Å². The highest BCUT2D eigenvalue weighted by atomic mass is 32.1. The highest BCUT2D eigenvalue weighted by Gasteiger charge is 2.34. The lowest BCUT2D eigenvalue weighted by Gasteiger charge is -2.37. The van der Waals surface area contributed by atoms with Crippen LogP contribution >= 0.6 is 12.2 Å². The molecule has 0 saturated heterocycles. The summed E-state index contributed by atoms with van der Waals surface area (Å²) in [5, 5.41) is 9.25. The van der Waals surface area contributed by atoms with Gasteiger partial charge in [0.05, 0.1) is 18.2 Å². The van der Waals surface area contributed by atoms with E-state index in [9.17, 15) is 9.59 Å². The molecule has 0 spiro atoms. The highest BCUT2D eigenvalue weighted by molar-refractivity contribution is 7.80. The standard InChI is InChI=1S/C19H26N4O3S/c1-5-20-18(25)21-14-10-8-9-13(11-14)16-15(17(24)26-7-3)12(4)23(6-2)19(27)22-16/h8-11,16H,5-7H2,1-4H3,(H,22,27)(H2,20,21,25)/t16-/m1/s1. The average molecular weight is 391 g/mol. The third-order valence-electron chi connectivity index (χ3n) is 4.22. The Morgan fingerprint density at radius 1 is 1.30 bits per heavy atom. The summed E-state index contributed by atoms with van der Waals surface area (Å²) in [6.07, 6.45) is 0. The van der Waals surface area contributed by atoms with Crippen molar-refractivity contribution in [3.8, 4) is 0 Å². The second-order valence-electron chi connectivity index (χ2n) is 5.96. The number of carbonyl (C=O) groups excluding carboxylic acids is 2. The van der Waals surface area contributed by atoms with Gasteiger partial charge in [-0.3, -0.25) is 0 Å². The van der Waals surface area contributed by atoms with Crippen LogP contribution in [-0.4, -0.2) is 41.7 Å². The molecular weight excluding hydrogens is 364 g/mol. The maximum absolute atomic E-state index is 12.6. The lowest BCUT2D eigenvalue weighted by Crippen LogP contribution is -2.47. The zero-order valence-electron chi connectivity index (χ0n) is 16.1. The van der Waals surface area contributed by atoms with Crippen molar-refractivity contribution >= 4 is 35.0 Å². The second-order valence-corrected chi connectivity index (χ2v) is 6.34. The van der Waals surface area contributed by atoms with E-state index in [0.29, 0.717) is 29.5 Å². The monoisotopic (exact) mass is 390 g/mol. The zero-order valence-corrected chi connectivity index (χ0v) is 16.9. The number of allylic oxidation sites excluding steroid dienone is 1. The number of esters is 1. The molecule has 2 amide bonds. The van der Waals surface area contributed by atoms with Crippen LogP contribution in [0.1, 0.15) is 39.3 Å². The third-order valence-corrected chi connectivity index (χ3v) is 4.56. The van der Waals surface area contributed by atoms with Gasteiger partial charge >= 0.3 is 12.0 Å². The molecule has 146 valence electrons.